The highest BCUT2D eigenvalue weighted by atomic mass is 35.5. The summed E-state index contributed by atoms with van der Waals surface area (Å²) < 4.78 is 27.0. The van der Waals surface area contributed by atoms with Crippen molar-refractivity contribution < 1.29 is 38.2 Å². The second-order valence-corrected chi connectivity index (χ2v) is 6.55. The molecule has 1 aromatic heterocycles. The Labute approximate surface area is 157 Å². The Bertz CT molecular complexity index is 789. The van der Waals surface area contributed by atoms with Crippen LogP contribution in [0, 0.1) is 0 Å². The van der Waals surface area contributed by atoms with Gasteiger partial charge in [-0.05, 0) is 17.7 Å². The Hall–Kier alpha value is -1.95. The molecule has 0 amide bonds. The van der Waals surface area contributed by atoms with Crippen molar-refractivity contribution in [3.63, 3.8) is 0 Å². The Kier molecular flexibility index (Phi) is 7.36. The fourth-order valence-electron chi connectivity index (χ4n) is 2.38. The van der Waals surface area contributed by atoms with E-state index in [1.165, 1.54) is 12.3 Å². The standard InChI is InChI=1S/C13H15ClN3O9P/c14-7(18)1-2-9(19)24-5-6-11(26-27(22)23)10(20)12(25-6)17-4-3-8(15)16-13(17)21/h3-4,6,10-12,20H,1-2,5H2,(H2-,15,16,21,22,23)/p+1/t6-,10-,11-,12-/m1/s1. The molecule has 27 heavy (non-hydrogen) atoms. The fourth-order valence-corrected chi connectivity index (χ4v) is 2.95. The lowest BCUT2D eigenvalue weighted by Crippen LogP contribution is -2.37. The van der Waals surface area contributed by atoms with Crippen LogP contribution < -0.4 is 11.4 Å². The summed E-state index contributed by atoms with van der Waals surface area (Å²) in [6.07, 6.45) is -4.71. The normalized spacial score (nSPS) is 25.2. The minimum Gasteiger partial charge on any atom is -0.463 e. The van der Waals surface area contributed by atoms with Gasteiger partial charge in [0.25, 0.3) is 0 Å². The highest BCUT2D eigenvalue weighted by Gasteiger charge is 2.50. The van der Waals surface area contributed by atoms with Gasteiger partial charge in [-0.2, -0.15) is 4.98 Å². The number of esters is 1. The van der Waals surface area contributed by atoms with Crippen LogP contribution in [0.3, 0.4) is 0 Å². The van der Waals surface area contributed by atoms with Gasteiger partial charge in [-0.3, -0.25) is 14.2 Å². The summed E-state index contributed by atoms with van der Waals surface area (Å²) in [5.74, 6) is -0.821. The molecule has 4 N–H and O–H groups in total. The first-order valence-electron chi connectivity index (χ1n) is 7.54. The summed E-state index contributed by atoms with van der Waals surface area (Å²) in [4.78, 5) is 46.6. The van der Waals surface area contributed by atoms with Crippen LogP contribution in [0.1, 0.15) is 19.1 Å². The third-order valence-corrected chi connectivity index (χ3v) is 4.19. The Morgan fingerprint density at radius 1 is 1.44 bits per heavy atom. The third kappa shape index (κ3) is 5.76. The lowest BCUT2D eigenvalue weighted by atomic mass is 10.1. The molecule has 12 nitrogen and oxygen atoms in total. The van der Waals surface area contributed by atoms with Gasteiger partial charge in [0.2, 0.25) is 5.24 Å². The lowest BCUT2D eigenvalue weighted by Gasteiger charge is -2.16. The van der Waals surface area contributed by atoms with Crippen LogP contribution in [-0.4, -0.2) is 55.7 Å². The molecule has 1 aliphatic heterocycles. The maximum Gasteiger partial charge on any atom is 0.695 e. The van der Waals surface area contributed by atoms with E-state index in [9.17, 15) is 24.1 Å². The summed E-state index contributed by atoms with van der Waals surface area (Å²) in [5, 5.41) is 9.63. The van der Waals surface area contributed by atoms with Crippen molar-refractivity contribution >= 4 is 36.9 Å². The number of aliphatic hydroxyl groups excluding tert-OH is 1. The predicted molar refractivity (Wildman–Crippen MR) is 88.6 cm³/mol. The van der Waals surface area contributed by atoms with Crippen molar-refractivity contribution in [2.24, 2.45) is 0 Å². The molecule has 0 aliphatic carbocycles. The molecule has 1 aromatic rings. The van der Waals surface area contributed by atoms with E-state index in [2.05, 4.69) is 4.98 Å². The van der Waals surface area contributed by atoms with Gasteiger partial charge in [0, 0.05) is 17.2 Å². The SMILES string of the molecule is Nc1ccn([C@@H]2O[C@H](COC(=O)CCC(=O)Cl)[C@@H](O[P+](=O)O)[C@H]2O)c(=O)n1. The Morgan fingerprint density at radius 2 is 2.15 bits per heavy atom. The summed E-state index contributed by atoms with van der Waals surface area (Å²) in [7, 11) is -3.12. The number of rotatable bonds is 8. The zero-order valence-corrected chi connectivity index (χ0v) is 15.3. The average Bonchev–Trinajstić information content (AvgIpc) is 2.87. The maximum atomic E-state index is 11.9. The molecule has 2 heterocycles. The van der Waals surface area contributed by atoms with Crippen molar-refractivity contribution in [1.82, 2.24) is 9.55 Å². The van der Waals surface area contributed by atoms with Crippen molar-refractivity contribution in [2.45, 2.75) is 37.4 Å². The summed E-state index contributed by atoms with van der Waals surface area (Å²) in [5.41, 5.74) is 4.57. The minimum atomic E-state index is -3.12. The number of anilines is 1. The van der Waals surface area contributed by atoms with Crippen molar-refractivity contribution in [3.05, 3.63) is 22.7 Å². The van der Waals surface area contributed by atoms with Crippen LogP contribution in [0.25, 0.3) is 0 Å². The molecule has 0 spiro atoms. The Morgan fingerprint density at radius 3 is 2.74 bits per heavy atom. The second-order valence-electron chi connectivity index (χ2n) is 5.44. The van der Waals surface area contributed by atoms with E-state index >= 15 is 0 Å². The number of nitrogens with zero attached hydrogens (tertiary/aromatic N) is 2. The number of nitrogens with two attached hydrogens (primary N) is 1. The molecule has 0 saturated carbocycles. The molecule has 14 heteroatoms. The lowest BCUT2D eigenvalue weighted by molar-refractivity contribution is -0.150. The van der Waals surface area contributed by atoms with E-state index in [4.69, 9.17) is 36.2 Å². The van der Waals surface area contributed by atoms with Gasteiger partial charge in [-0.25, -0.2) is 4.79 Å². The monoisotopic (exact) mass is 424 g/mol. The van der Waals surface area contributed by atoms with Crippen LogP contribution >= 0.6 is 19.9 Å². The van der Waals surface area contributed by atoms with E-state index in [0.717, 1.165) is 4.57 Å². The number of carbonyl (C=O) groups excluding carboxylic acids is 2. The zero-order valence-electron chi connectivity index (χ0n) is 13.6. The first kappa shape index (κ1) is 21.4. The molecular weight excluding hydrogens is 409 g/mol. The number of aromatic nitrogens is 2. The van der Waals surface area contributed by atoms with Crippen LogP contribution in [-0.2, 0) is 28.2 Å². The first-order chi connectivity index (χ1) is 12.7. The minimum absolute atomic E-state index is 0.0470. The molecule has 1 saturated heterocycles. The molecule has 5 atom stereocenters. The first-order valence-corrected chi connectivity index (χ1v) is 9.05. The average molecular weight is 425 g/mol. The quantitative estimate of drug-likeness (QED) is 0.270. The number of ether oxygens (including phenoxy) is 2. The molecule has 0 radical (unpaired) electrons. The number of nitrogen functional groups attached to an aromatic ring is 1. The van der Waals surface area contributed by atoms with E-state index in [0.29, 0.717) is 0 Å². The molecule has 0 aromatic carbocycles. The molecular formula is C13H16ClN3O9P+. The largest absolute Gasteiger partial charge is 0.695 e. The molecule has 0 bridgehead atoms. The number of aliphatic hydroxyl groups is 1. The summed E-state index contributed by atoms with van der Waals surface area (Å²) in [6.45, 7) is -0.464. The molecule has 1 unspecified atom stereocenters. The van der Waals surface area contributed by atoms with E-state index < -0.39 is 56.3 Å². The van der Waals surface area contributed by atoms with E-state index in [1.807, 2.05) is 0 Å². The zero-order chi connectivity index (χ0) is 20.1. The van der Waals surface area contributed by atoms with Gasteiger partial charge < -0.3 is 20.3 Å². The summed E-state index contributed by atoms with van der Waals surface area (Å²) >= 11 is 5.13. The molecule has 1 fully saturated rings. The van der Waals surface area contributed by atoms with Gasteiger partial charge in [0.15, 0.2) is 12.3 Å². The molecule has 148 valence electrons. The van der Waals surface area contributed by atoms with Gasteiger partial charge in [-0.15, -0.1) is 9.42 Å². The Balaban J connectivity index is 2.12. The summed E-state index contributed by atoms with van der Waals surface area (Å²) in [6, 6.07) is 1.29. The van der Waals surface area contributed by atoms with Gasteiger partial charge in [0.05, 0.1) is 6.42 Å². The van der Waals surface area contributed by atoms with Gasteiger partial charge in [0.1, 0.15) is 24.6 Å². The second kappa shape index (κ2) is 9.31. The number of hydrogen-bond acceptors (Lipinski definition) is 10. The third-order valence-electron chi connectivity index (χ3n) is 3.58. The van der Waals surface area contributed by atoms with Gasteiger partial charge in [-0.1, -0.05) is 0 Å². The smallest absolute Gasteiger partial charge is 0.463 e. The number of hydrogen-bond donors (Lipinski definition) is 3. The molecule has 1 aliphatic rings. The fraction of sp³-hybridized carbons (Fsp3) is 0.538. The number of carbonyl (C=O) groups is 2. The van der Waals surface area contributed by atoms with E-state index in [-0.39, 0.29) is 18.7 Å². The van der Waals surface area contributed by atoms with Crippen LogP contribution in [0.2, 0.25) is 0 Å². The molecule has 2 rings (SSSR count). The van der Waals surface area contributed by atoms with Gasteiger partial charge >= 0.3 is 19.9 Å². The highest BCUT2D eigenvalue weighted by molar-refractivity contribution is 7.32. The van der Waals surface area contributed by atoms with Crippen molar-refractivity contribution in [1.29, 1.82) is 0 Å². The van der Waals surface area contributed by atoms with Crippen molar-refractivity contribution in [3.8, 4) is 0 Å². The van der Waals surface area contributed by atoms with Crippen LogP contribution in [0.5, 0.6) is 0 Å². The van der Waals surface area contributed by atoms with Crippen LogP contribution in [0.4, 0.5) is 5.82 Å². The number of halogens is 1. The van der Waals surface area contributed by atoms with Crippen LogP contribution in [0.15, 0.2) is 17.1 Å². The van der Waals surface area contributed by atoms with Crippen molar-refractivity contribution in [2.75, 3.05) is 12.3 Å². The van der Waals surface area contributed by atoms with E-state index in [1.54, 1.807) is 0 Å². The maximum absolute atomic E-state index is 11.9. The topological polar surface area (TPSA) is 180 Å². The predicted octanol–water partition coefficient (Wildman–Crippen LogP) is -0.792. The highest BCUT2D eigenvalue weighted by Crippen LogP contribution is 2.35.